The molecule has 0 bridgehead atoms. The lowest BCUT2D eigenvalue weighted by molar-refractivity contribution is -0.111. The number of halogens is 1. The van der Waals surface area contributed by atoms with E-state index < -0.39 is 0 Å². The summed E-state index contributed by atoms with van der Waals surface area (Å²) in [5.41, 5.74) is 0. The summed E-state index contributed by atoms with van der Waals surface area (Å²) in [7, 11) is 0. The largest absolute Gasteiger partial charge is 0.281 e. The van der Waals surface area contributed by atoms with Gasteiger partial charge in [0, 0.05) is 6.42 Å². The minimum absolute atomic E-state index is 0.192. The molecule has 0 saturated heterocycles. The topological polar surface area (TPSA) is 17.1 Å². The highest BCUT2D eigenvalue weighted by Gasteiger charge is 1.95. The van der Waals surface area contributed by atoms with E-state index in [0.717, 1.165) is 12.8 Å². The molecule has 0 fully saturated rings. The first-order chi connectivity index (χ1) is 12.8. The van der Waals surface area contributed by atoms with Crippen LogP contribution in [0.3, 0.4) is 0 Å². The molecule has 0 aliphatic carbocycles. The Morgan fingerprint density at radius 3 is 1.31 bits per heavy atom. The monoisotopic (exact) mass is 384 g/mol. The van der Waals surface area contributed by atoms with E-state index in [1.54, 1.807) is 0 Å². The van der Waals surface area contributed by atoms with Crippen LogP contribution in [0.2, 0.25) is 0 Å². The molecule has 154 valence electrons. The number of hydrogen-bond acceptors (Lipinski definition) is 1. The van der Waals surface area contributed by atoms with E-state index in [4.69, 9.17) is 11.6 Å². The van der Waals surface area contributed by atoms with Gasteiger partial charge in [0.05, 0.1) is 0 Å². The Morgan fingerprint density at radius 1 is 0.577 bits per heavy atom. The second-order valence-electron chi connectivity index (χ2n) is 7.81. The standard InChI is InChI=1S/C24H45ClO/c1-2-3-4-5-6-7-8-9-10-11-12-13-14-15-16-17-18-19-20-21-22-23-24(25)26/h16-17H,2-15,18-23H2,1H3/b17-16+. The fourth-order valence-corrected chi connectivity index (χ4v) is 3.53. The molecule has 2 heteroatoms. The maximum Gasteiger partial charge on any atom is 0.221 e. The van der Waals surface area contributed by atoms with Crippen LogP contribution in [0, 0.1) is 0 Å². The second kappa shape index (κ2) is 22.7. The van der Waals surface area contributed by atoms with Gasteiger partial charge in [0.2, 0.25) is 5.24 Å². The van der Waals surface area contributed by atoms with Gasteiger partial charge in [0.1, 0.15) is 0 Å². The minimum Gasteiger partial charge on any atom is -0.281 e. The maximum atomic E-state index is 10.6. The first-order valence-corrected chi connectivity index (χ1v) is 12.0. The molecule has 1 nitrogen and oxygen atoms in total. The van der Waals surface area contributed by atoms with Crippen molar-refractivity contribution < 1.29 is 4.79 Å². The van der Waals surface area contributed by atoms with Crippen molar-refractivity contribution in [3.63, 3.8) is 0 Å². The van der Waals surface area contributed by atoms with Crippen molar-refractivity contribution in [1.82, 2.24) is 0 Å². The number of rotatable bonds is 21. The van der Waals surface area contributed by atoms with Crippen molar-refractivity contribution in [2.24, 2.45) is 0 Å². The van der Waals surface area contributed by atoms with Crippen LogP contribution in [0.15, 0.2) is 12.2 Å². The van der Waals surface area contributed by atoms with E-state index in [2.05, 4.69) is 19.1 Å². The molecule has 0 aromatic rings. The van der Waals surface area contributed by atoms with Gasteiger partial charge >= 0.3 is 0 Å². The summed E-state index contributed by atoms with van der Waals surface area (Å²) in [6, 6.07) is 0. The molecule has 0 aliphatic rings. The lowest BCUT2D eigenvalue weighted by Gasteiger charge is -2.02. The summed E-state index contributed by atoms with van der Waals surface area (Å²) in [5.74, 6) is 0. The molecule has 0 atom stereocenters. The second-order valence-corrected chi connectivity index (χ2v) is 8.23. The van der Waals surface area contributed by atoms with E-state index in [-0.39, 0.29) is 5.24 Å². The summed E-state index contributed by atoms with van der Waals surface area (Å²) in [5, 5.41) is -0.192. The number of carbonyl (C=O) groups excluding carboxylic acids is 1. The molecule has 0 aliphatic heterocycles. The summed E-state index contributed by atoms with van der Waals surface area (Å²) >= 11 is 5.32. The van der Waals surface area contributed by atoms with Gasteiger partial charge in [-0.2, -0.15) is 0 Å². The number of unbranched alkanes of at least 4 members (excludes halogenated alkanes) is 17. The predicted molar refractivity (Wildman–Crippen MR) is 118 cm³/mol. The van der Waals surface area contributed by atoms with Gasteiger partial charge in [0.15, 0.2) is 0 Å². The molecule has 0 saturated carbocycles. The highest BCUT2D eigenvalue weighted by Crippen LogP contribution is 2.13. The Bertz CT molecular complexity index is 311. The van der Waals surface area contributed by atoms with Crippen LogP contribution in [-0.4, -0.2) is 5.24 Å². The zero-order valence-corrected chi connectivity index (χ0v) is 18.3. The first kappa shape index (κ1) is 25.7. The molecular weight excluding hydrogens is 340 g/mol. The van der Waals surface area contributed by atoms with Crippen LogP contribution in [-0.2, 0) is 4.79 Å². The fraction of sp³-hybridized carbons (Fsp3) is 0.875. The summed E-state index contributed by atoms with van der Waals surface area (Å²) in [6.45, 7) is 2.29. The Labute approximate surface area is 169 Å². The van der Waals surface area contributed by atoms with E-state index in [9.17, 15) is 4.79 Å². The highest BCUT2D eigenvalue weighted by atomic mass is 35.5. The molecule has 0 amide bonds. The molecule has 0 aromatic heterocycles. The van der Waals surface area contributed by atoms with Crippen molar-refractivity contribution in [1.29, 1.82) is 0 Å². The Balaban J connectivity index is 3.07. The van der Waals surface area contributed by atoms with Gasteiger partial charge < -0.3 is 0 Å². The molecular formula is C24H45ClO. The Morgan fingerprint density at radius 2 is 0.923 bits per heavy atom. The zero-order chi connectivity index (χ0) is 19.1. The van der Waals surface area contributed by atoms with Gasteiger partial charge in [0.25, 0.3) is 0 Å². The van der Waals surface area contributed by atoms with Crippen molar-refractivity contribution in [3.8, 4) is 0 Å². The summed E-state index contributed by atoms with van der Waals surface area (Å²) < 4.78 is 0. The van der Waals surface area contributed by atoms with Gasteiger partial charge in [-0.05, 0) is 43.7 Å². The van der Waals surface area contributed by atoms with E-state index in [0.29, 0.717) is 6.42 Å². The van der Waals surface area contributed by atoms with Crippen molar-refractivity contribution >= 4 is 16.8 Å². The van der Waals surface area contributed by atoms with Crippen molar-refractivity contribution in [2.45, 2.75) is 135 Å². The number of allylic oxidation sites excluding steroid dienone is 2. The molecule has 0 spiro atoms. The highest BCUT2D eigenvalue weighted by molar-refractivity contribution is 6.63. The average Bonchev–Trinajstić information content (AvgIpc) is 2.62. The third-order valence-corrected chi connectivity index (χ3v) is 5.32. The quantitative estimate of drug-likeness (QED) is 0.109. The van der Waals surface area contributed by atoms with E-state index >= 15 is 0 Å². The third kappa shape index (κ3) is 23.7. The van der Waals surface area contributed by atoms with Crippen LogP contribution in [0.4, 0.5) is 0 Å². The summed E-state index contributed by atoms with van der Waals surface area (Å²) in [4.78, 5) is 10.6. The van der Waals surface area contributed by atoms with Crippen LogP contribution in [0.5, 0.6) is 0 Å². The van der Waals surface area contributed by atoms with Crippen LogP contribution >= 0.6 is 11.6 Å². The van der Waals surface area contributed by atoms with Crippen LogP contribution < -0.4 is 0 Å². The third-order valence-electron chi connectivity index (χ3n) is 5.14. The van der Waals surface area contributed by atoms with Gasteiger partial charge in [-0.1, -0.05) is 109 Å². The van der Waals surface area contributed by atoms with E-state index in [1.807, 2.05) is 0 Å². The Hall–Kier alpha value is -0.300. The molecule has 0 heterocycles. The molecule has 0 unspecified atom stereocenters. The SMILES string of the molecule is CCCCCCCCCCCCCCC/C=C/CCCCCCC(=O)Cl. The van der Waals surface area contributed by atoms with Gasteiger partial charge in [-0.25, -0.2) is 0 Å². The van der Waals surface area contributed by atoms with Gasteiger partial charge in [-0.3, -0.25) is 4.79 Å². The molecule has 0 radical (unpaired) electrons. The summed E-state index contributed by atoms with van der Waals surface area (Å²) in [6.07, 6.45) is 30.8. The van der Waals surface area contributed by atoms with Crippen LogP contribution in [0.1, 0.15) is 135 Å². The predicted octanol–water partition coefficient (Wildman–Crippen LogP) is 9.13. The smallest absolute Gasteiger partial charge is 0.221 e. The molecule has 0 N–H and O–H groups in total. The number of carbonyl (C=O) groups is 1. The normalized spacial score (nSPS) is 11.5. The maximum absolute atomic E-state index is 10.6. The lowest BCUT2D eigenvalue weighted by atomic mass is 10.0. The fourth-order valence-electron chi connectivity index (χ4n) is 3.40. The van der Waals surface area contributed by atoms with Crippen molar-refractivity contribution in [3.05, 3.63) is 12.2 Å². The van der Waals surface area contributed by atoms with E-state index in [1.165, 1.54) is 109 Å². The van der Waals surface area contributed by atoms with Crippen LogP contribution in [0.25, 0.3) is 0 Å². The average molecular weight is 385 g/mol. The van der Waals surface area contributed by atoms with Gasteiger partial charge in [-0.15, -0.1) is 0 Å². The minimum atomic E-state index is -0.192. The lowest BCUT2D eigenvalue weighted by Crippen LogP contribution is -1.85. The first-order valence-electron chi connectivity index (χ1n) is 11.6. The molecule has 0 rings (SSSR count). The zero-order valence-electron chi connectivity index (χ0n) is 17.6. The number of hydrogen-bond donors (Lipinski definition) is 0. The molecule has 26 heavy (non-hydrogen) atoms. The Kier molecular flexibility index (Phi) is 22.5. The molecule has 0 aromatic carbocycles. The van der Waals surface area contributed by atoms with Crippen molar-refractivity contribution in [2.75, 3.05) is 0 Å².